The van der Waals surface area contributed by atoms with Crippen LogP contribution in [-0.4, -0.2) is 22.6 Å². The van der Waals surface area contributed by atoms with E-state index in [0.29, 0.717) is 29.0 Å². The van der Waals surface area contributed by atoms with E-state index in [9.17, 15) is 14.7 Å². The number of aryl methyl sites for hydroxylation is 1. The van der Waals surface area contributed by atoms with Crippen LogP contribution in [0, 0.1) is 6.92 Å². The molecule has 0 atom stereocenters. The molecule has 1 saturated carbocycles. The summed E-state index contributed by atoms with van der Waals surface area (Å²) < 4.78 is 5.66. The van der Waals surface area contributed by atoms with Crippen LogP contribution in [0.1, 0.15) is 53.6 Å². The Hall–Kier alpha value is -2.79. The first-order chi connectivity index (χ1) is 13.8. The summed E-state index contributed by atoms with van der Waals surface area (Å²) in [5, 5.41) is 11.3. The van der Waals surface area contributed by atoms with Gasteiger partial charge in [-0.2, -0.15) is 0 Å². The maximum absolute atomic E-state index is 12.7. The van der Waals surface area contributed by atoms with Crippen LogP contribution in [-0.2, 0) is 9.53 Å². The lowest BCUT2D eigenvalue weighted by Crippen LogP contribution is -2.34. The van der Waals surface area contributed by atoms with Crippen LogP contribution in [0.15, 0.2) is 42.2 Å². The van der Waals surface area contributed by atoms with Gasteiger partial charge in [0.2, 0.25) is 5.91 Å². The number of carbonyl (C=O) groups excluding carboxylic acids is 2. The Balaban J connectivity index is 1.79. The second-order valence-corrected chi connectivity index (χ2v) is 8.17. The van der Waals surface area contributed by atoms with Crippen LogP contribution in [0.3, 0.4) is 0 Å². The highest BCUT2D eigenvalue weighted by molar-refractivity contribution is 6.34. The minimum absolute atomic E-state index is 0.0184. The summed E-state index contributed by atoms with van der Waals surface area (Å²) in [5.74, 6) is -1.00. The smallest absolute Gasteiger partial charge is 0.343 e. The molecular formula is C23H22ClNO4. The van der Waals surface area contributed by atoms with E-state index >= 15 is 0 Å². The molecule has 2 aliphatic rings. The van der Waals surface area contributed by atoms with Crippen molar-refractivity contribution in [2.24, 2.45) is 5.73 Å². The number of halogens is 1. The summed E-state index contributed by atoms with van der Waals surface area (Å²) in [4.78, 5) is 24.2. The van der Waals surface area contributed by atoms with Gasteiger partial charge in [0, 0.05) is 16.1 Å². The molecule has 150 valence electrons. The van der Waals surface area contributed by atoms with Gasteiger partial charge in [-0.25, -0.2) is 4.79 Å². The van der Waals surface area contributed by atoms with Crippen molar-refractivity contribution >= 4 is 29.1 Å². The van der Waals surface area contributed by atoms with Gasteiger partial charge >= 0.3 is 5.97 Å². The lowest BCUT2D eigenvalue weighted by molar-refractivity contribution is -0.149. The minimum atomic E-state index is -0.891. The van der Waals surface area contributed by atoms with E-state index in [1.807, 2.05) is 19.1 Å². The van der Waals surface area contributed by atoms with Crippen LogP contribution >= 0.6 is 11.6 Å². The molecule has 1 aliphatic carbocycles. The number of esters is 1. The zero-order chi connectivity index (χ0) is 20.8. The van der Waals surface area contributed by atoms with Gasteiger partial charge in [0.15, 0.2) is 11.4 Å². The second kappa shape index (κ2) is 7.23. The van der Waals surface area contributed by atoms with E-state index in [2.05, 4.69) is 0 Å². The number of aliphatic hydroxyl groups excluding tert-OH is 1. The van der Waals surface area contributed by atoms with E-state index in [1.54, 1.807) is 24.3 Å². The molecule has 5 nitrogen and oxygen atoms in total. The van der Waals surface area contributed by atoms with Crippen molar-refractivity contribution in [1.29, 1.82) is 0 Å². The fourth-order valence-corrected chi connectivity index (χ4v) is 4.59. The molecule has 1 fully saturated rings. The monoisotopic (exact) mass is 411 g/mol. The van der Waals surface area contributed by atoms with Gasteiger partial charge < -0.3 is 15.6 Å². The lowest BCUT2D eigenvalue weighted by Gasteiger charge is -2.31. The third kappa shape index (κ3) is 3.29. The Morgan fingerprint density at radius 2 is 1.86 bits per heavy atom. The summed E-state index contributed by atoms with van der Waals surface area (Å²) >= 11 is 6.55. The molecule has 3 N–H and O–H groups in total. The van der Waals surface area contributed by atoms with Crippen molar-refractivity contribution in [3.63, 3.8) is 0 Å². The summed E-state index contributed by atoms with van der Waals surface area (Å²) in [6.07, 6.45) is 4.18. The normalized spacial score (nSPS) is 18.2. The van der Waals surface area contributed by atoms with Gasteiger partial charge in [-0.3, -0.25) is 4.79 Å². The van der Waals surface area contributed by atoms with Gasteiger partial charge in [-0.15, -0.1) is 0 Å². The molecule has 0 unspecified atom stereocenters. The standard InChI is InChI=1S/C23H22ClNO4/c1-13-10-17(14-6-5-7-15(11-14)21(25)27)18(24)12-16(13)19-20(26)23(29-22(19)28)8-3-2-4-9-23/h5-7,10-12,26H,2-4,8-9H2,1H3,(H2,25,27). The number of hydrogen-bond donors (Lipinski definition) is 2. The molecule has 1 heterocycles. The Labute approximate surface area is 174 Å². The molecule has 0 saturated heterocycles. The van der Waals surface area contributed by atoms with E-state index < -0.39 is 17.5 Å². The average Bonchev–Trinajstić information content (AvgIpc) is 2.93. The van der Waals surface area contributed by atoms with Crippen molar-refractivity contribution in [1.82, 2.24) is 0 Å². The van der Waals surface area contributed by atoms with E-state index in [-0.39, 0.29) is 11.3 Å². The van der Waals surface area contributed by atoms with E-state index in [4.69, 9.17) is 22.1 Å². The SMILES string of the molecule is Cc1cc(-c2cccc(C(N)=O)c2)c(Cl)cc1C1=C(O)C2(CCCCC2)OC1=O. The predicted molar refractivity (Wildman–Crippen MR) is 112 cm³/mol. The number of benzene rings is 2. The van der Waals surface area contributed by atoms with Crippen LogP contribution < -0.4 is 5.73 Å². The van der Waals surface area contributed by atoms with Crippen LogP contribution in [0.4, 0.5) is 0 Å². The second-order valence-electron chi connectivity index (χ2n) is 7.76. The van der Waals surface area contributed by atoms with Gasteiger partial charge in [0.1, 0.15) is 5.57 Å². The molecule has 0 aromatic heterocycles. The molecule has 0 radical (unpaired) electrons. The number of aliphatic hydroxyl groups is 1. The van der Waals surface area contributed by atoms with Crippen LogP contribution in [0.5, 0.6) is 0 Å². The maximum atomic E-state index is 12.7. The van der Waals surface area contributed by atoms with Gasteiger partial charge in [0.05, 0.1) is 0 Å². The maximum Gasteiger partial charge on any atom is 0.343 e. The molecule has 0 bridgehead atoms. The number of carbonyl (C=O) groups is 2. The average molecular weight is 412 g/mol. The van der Waals surface area contributed by atoms with Gasteiger partial charge in [-0.05, 0) is 73.6 Å². The molecule has 1 aliphatic heterocycles. The van der Waals surface area contributed by atoms with Crippen molar-refractivity contribution in [2.45, 2.75) is 44.6 Å². The number of ether oxygens (including phenoxy) is 1. The lowest BCUT2D eigenvalue weighted by atomic mass is 9.82. The highest BCUT2D eigenvalue weighted by Crippen LogP contribution is 2.46. The zero-order valence-corrected chi connectivity index (χ0v) is 16.9. The molecule has 4 rings (SSSR count). The number of primary amides is 1. The van der Waals surface area contributed by atoms with Crippen molar-refractivity contribution in [3.8, 4) is 11.1 Å². The van der Waals surface area contributed by atoms with Gasteiger partial charge in [-0.1, -0.05) is 30.2 Å². The zero-order valence-electron chi connectivity index (χ0n) is 16.1. The Kier molecular flexibility index (Phi) is 4.87. The summed E-state index contributed by atoms with van der Waals surface area (Å²) in [7, 11) is 0. The highest BCUT2D eigenvalue weighted by atomic mass is 35.5. The van der Waals surface area contributed by atoms with Gasteiger partial charge in [0.25, 0.3) is 0 Å². The fraction of sp³-hybridized carbons (Fsp3) is 0.304. The number of hydrogen-bond acceptors (Lipinski definition) is 4. The highest BCUT2D eigenvalue weighted by Gasteiger charge is 2.49. The molecule has 1 spiro atoms. The third-order valence-electron chi connectivity index (χ3n) is 5.86. The van der Waals surface area contributed by atoms with Crippen LogP contribution in [0.2, 0.25) is 5.02 Å². The molecule has 1 amide bonds. The van der Waals surface area contributed by atoms with Crippen LogP contribution in [0.25, 0.3) is 16.7 Å². The third-order valence-corrected chi connectivity index (χ3v) is 6.18. The van der Waals surface area contributed by atoms with E-state index in [0.717, 1.165) is 36.0 Å². The number of amides is 1. The predicted octanol–water partition coefficient (Wildman–Crippen LogP) is 4.94. The van der Waals surface area contributed by atoms with Crippen molar-refractivity contribution < 1.29 is 19.4 Å². The number of nitrogens with two attached hydrogens (primary N) is 1. The summed E-state index contributed by atoms with van der Waals surface area (Å²) in [6, 6.07) is 10.4. The Morgan fingerprint density at radius 3 is 2.55 bits per heavy atom. The first-order valence-corrected chi connectivity index (χ1v) is 10.1. The van der Waals surface area contributed by atoms with Crippen molar-refractivity contribution in [2.75, 3.05) is 0 Å². The first-order valence-electron chi connectivity index (χ1n) is 9.70. The number of rotatable bonds is 3. The largest absolute Gasteiger partial charge is 0.507 e. The fourth-order valence-electron chi connectivity index (χ4n) is 4.31. The quantitative estimate of drug-likeness (QED) is 0.699. The molecule has 29 heavy (non-hydrogen) atoms. The van der Waals surface area contributed by atoms with E-state index in [1.165, 1.54) is 0 Å². The molecular weight excluding hydrogens is 390 g/mol. The first kappa shape index (κ1) is 19.5. The summed E-state index contributed by atoms with van der Waals surface area (Å²) in [6.45, 7) is 1.85. The summed E-state index contributed by atoms with van der Waals surface area (Å²) in [5.41, 5.74) is 7.88. The Bertz CT molecular complexity index is 1050. The van der Waals surface area contributed by atoms with Crippen molar-refractivity contribution in [3.05, 3.63) is 63.9 Å². The molecule has 2 aromatic rings. The minimum Gasteiger partial charge on any atom is -0.507 e. The molecule has 2 aromatic carbocycles. The molecule has 6 heteroatoms. The topological polar surface area (TPSA) is 89.6 Å². The Morgan fingerprint density at radius 1 is 1.14 bits per heavy atom.